The summed E-state index contributed by atoms with van der Waals surface area (Å²) in [5.74, 6) is 1.64. The van der Waals surface area contributed by atoms with Crippen molar-refractivity contribution < 1.29 is 4.74 Å². The summed E-state index contributed by atoms with van der Waals surface area (Å²) >= 11 is 0. The quantitative estimate of drug-likeness (QED) is 0.916. The number of hydrogen-bond acceptors (Lipinski definition) is 5. The summed E-state index contributed by atoms with van der Waals surface area (Å²) in [6.07, 6.45) is 3.92. The van der Waals surface area contributed by atoms with Crippen LogP contribution >= 0.6 is 24.8 Å². The van der Waals surface area contributed by atoms with E-state index in [2.05, 4.69) is 27.5 Å². The minimum atomic E-state index is 0. The third-order valence-corrected chi connectivity index (χ3v) is 3.07. The number of nitrogens with zero attached hydrogens (tertiary/aromatic N) is 3. The summed E-state index contributed by atoms with van der Waals surface area (Å²) in [5, 5.41) is 11.4. The molecule has 1 N–H and O–H groups in total. The molecule has 0 bridgehead atoms. The fourth-order valence-electron chi connectivity index (χ4n) is 2.00. The first kappa shape index (κ1) is 17.2. The summed E-state index contributed by atoms with van der Waals surface area (Å²) in [7, 11) is 3.71. The Morgan fingerprint density at radius 3 is 2.61 bits per heavy atom. The van der Waals surface area contributed by atoms with E-state index >= 15 is 0 Å². The molecule has 0 amide bonds. The van der Waals surface area contributed by atoms with Gasteiger partial charge in [0.25, 0.3) is 0 Å². The van der Waals surface area contributed by atoms with E-state index in [0.29, 0.717) is 6.04 Å². The summed E-state index contributed by atoms with van der Waals surface area (Å²) in [6.45, 7) is 2.15. The van der Waals surface area contributed by atoms with Crippen LogP contribution in [0.4, 0.5) is 5.82 Å². The summed E-state index contributed by atoms with van der Waals surface area (Å²) in [5.41, 5.74) is 0. The van der Waals surface area contributed by atoms with Crippen LogP contribution in [-0.2, 0) is 0 Å². The Morgan fingerprint density at radius 2 is 2.00 bits per heavy atom. The second-order valence-electron chi connectivity index (χ2n) is 4.05. The minimum Gasteiger partial charge on any atom is -0.495 e. The fourth-order valence-corrected chi connectivity index (χ4v) is 2.00. The Labute approximate surface area is 120 Å². The van der Waals surface area contributed by atoms with Crippen molar-refractivity contribution in [2.45, 2.75) is 18.9 Å². The van der Waals surface area contributed by atoms with Crippen molar-refractivity contribution in [1.29, 1.82) is 0 Å². The third kappa shape index (κ3) is 4.15. The molecule has 2 rings (SSSR count). The SMILES string of the molecule is COc1cnnc(N(C)C2CCNCC2)c1.Cl.Cl. The van der Waals surface area contributed by atoms with Crippen LogP contribution in [0.2, 0.25) is 0 Å². The molecule has 1 aliphatic heterocycles. The van der Waals surface area contributed by atoms with Crippen LogP contribution in [-0.4, -0.2) is 43.5 Å². The third-order valence-electron chi connectivity index (χ3n) is 3.07. The zero-order valence-corrected chi connectivity index (χ0v) is 12.3. The number of nitrogens with one attached hydrogen (secondary N) is 1. The number of methoxy groups -OCH3 is 1. The smallest absolute Gasteiger partial charge is 0.154 e. The molecule has 1 aliphatic rings. The van der Waals surface area contributed by atoms with Gasteiger partial charge in [-0.15, -0.1) is 29.9 Å². The molecule has 2 heterocycles. The molecule has 0 aromatic carbocycles. The predicted molar refractivity (Wildman–Crippen MR) is 77.4 cm³/mol. The van der Waals surface area contributed by atoms with Crippen LogP contribution in [0.1, 0.15) is 12.8 Å². The van der Waals surface area contributed by atoms with Crippen molar-refractivity contribution in [2.75, 3.05) is 32.1 Å². The maximum Gasteiger partial charge on any atom is 0.154 e. The molecule has 0 saturated carbocycles. The summed E-state index contributed by atoms with van der Waals surface area (Å²) in [6, 6.07) is 2.47. The number of ether oxygens (including phenoxy) is 1. The van der Waals surface area contributed by atoms with E-state index in [-0.39, 0.29) is 24.8 Å². The average Bonchev–Trinajstić information content (AvgIpc) is 2.39. The molecule has 0 atom stereocenters. The topological polar surface area (TPSA) is 50.3 Å². The molecule has 1 aromatic rings. The van der Waals surface area contributed by atoms with Crippen molar-refractivity contribution in [2.24, 2.45) is 0 Å². The Balaban J connectivity index is 0.00000144. The average molecular weight is 295 g/mol. The zero-order valence-electron chi connectivity index (χ0n) is 10.6. The Hall–Kier alpha value is -0.780. The van der Waals surface area contributed by atoms with Gasteiger partial charge in [0.1, 0.15) is 5.75 Å². The Bertz CT molecular complexity index is 348. The fraction of sp³-hybridized carbons (Fsp3) is 0.636. The number of hydrogen-bond donors (Lipinski definition) is 1. The van der Waals surface area contributed by atoms with Gasteiger partial charge in [0.2, 0.25) is 0 Å². The van der Waals surface area contributed by atoms with Crippen molar-refractivity contribution in [1.82, 2.24) is 15.5 Å². The first-order valence-corrected chi connectivity index (χ1v) is 5.61. The van der Waals surface area contributed by atoms with Gasteiger partial charge in [-0.25, -0.2) is 0 Å². The van der Waals surface area contributed by atoms with E-state index in [4.69, 9.17) is 4.74 Å². The Kier molecular flexibility index (Phi) is 7.98. The van der Waals surface area contributed by atoms with Gasteiger partial charge in [-0.1, -0.05) is 0 Å². The van der Waals surface area contributed by atoms with Gasteiger partial charge in [-0.2, -0.15) is 5.10 Å². The first-order chi connectivity index (χ1) is 7.81. The van der Waals surface area contributed by atoms with Gasteiger partial charge in [-0.3, -0.25) is 0 Å². The highest BCUT2D eigenvalue weighted by molar-refractivity contribution is 5.85. The predicted octanol–water partition coefficient (Wildman–Crippen LogP) is 1.52. The van der Waals surface area contributed by atoms with E-state index in [1.54, 1.807) is 13.3 Å². The van der Waals surface area contributed by atoms with Gasteiger partial charge in [0, 0.05) is 19.2 Å². The van der Waals surface area contributed by atoms with Gasteiger partial charge >= 0.3 is 0 Å². The molecule has 1 fully saturated rings. The van der Waals surface area contributed by atoms with Crippen molar-refractivity contribution >= 4 is 30.6 Å². The molecule has 1 saturated heterocycles. The number of anilines is 1. The van der Waals surface area contributed by atoms with E-state index in [1.807, 2.05) is 6.07 Å². The molecule has 0 aliphatic carbocycles. The van der Waals surface area contributed by atoms with Crippen molar-refractivity contribution in [3.8, 4) is 5.75 Å². The van der Waals surface area contributed by atoms with Gasteiger partial charge in [0.05, 0.1) is 13.3 Å². The lowest BCUT2D eigenvalue weighted by Gasteiger charge is -2.32. The van der Waals surface area contributed by atoms with Crippen LogP contribution in [0, 0.1) is 0 Å². The monoisotopic (exact) mass is 294 g/mol. The van der Waals surface area contributed by atoms with Crippen LogP contribution in [0.25, 0.3) is 0 Å². The van der Waals surface area contributed by atoms with Gasteiger partial charge in [-0.05, 0) is 25.9 Å². The maximum absolute atomic E-state index is 5.15. The lowest BCUT2D eigenvalue weighted by atomic mass is 10.1. The first-order valence-electron chi connectivity index (χ1n) is 5.61. The number of rotatable bonds is 3. The van der Waals surface area contributed by atoms with Crippen molar-refractivity contribution in [3.63, 3.8) is 0 Å². The van der Waals surface area contributed by atoms with E-state index < -0.39 is 0 Å². The second kappa shape index (κ2) is 8.34. The van der Waals surface area contributed by atoms with Crippen LogP contribution in [0.3, 0.4) is 0 Å². The zero-order chi connectivity index (χ0) is 11.4. The molecule has 7 heteroatoms. The minimum absolute atomic E-state index is 0. The number of aromatic nitrogens is 2. The molecule has 0 radical (unpaired) electrons. The Morgan fingerprint density at radius 1 is 1.33 bits per heavy atom. The molecule has 1 aromatic heterocycles. The summed E-state index contributed by atoms with van der Waals surface area (Å²) < 4.78 is 5.15. The van der Waals surface area contributed by atoms with E-state index in [1.165, 1.54) is 0 Å². The molecule has 104 valence electrons. The molecule has 0 spiro atoms. The largest absolute Gasteiger partial charge is 0.495 e. The lowest BCUT2D eigenvalue weighted by Crippen LogP contribution is -2.41. The standard InChI is InChI=1S/C11H18N4O.2ClH/c1-15(9-3-5-12-6-4-9)11-7-10(16-2)8-13-14-11;;/h7-9,12H,3-6H2,1-2H3;2*1H. The van der Waals surface area contributed by atoms with E-state index in [0.717, 1.165) is 37.5 Å². The highest BCUT2D eigenvalue weighted by Crippen LogP contribution is 2.20. The molecular weight excluding hydrogens is 275 g/mol. The normalized spacial score (nSPS) is 15.2. The van der Waals surface area contributed by atoms with Gasteiger partial charge in [0.15, 0.2) is 5.82 Å². The second-order valence-corrected chi connectivity index (χ2v) is 4.05. The van der Waals surface area contributed by atoms with E-state index in [9.17, 15) is 0 Å². The maximum atomic E-state index is 5.15. The molecule has 18 heavy (non-hydrogen) atoms. The molecule has 5 nitrogen and oxygen atoms in total. The highest BCUT2D eigenvalue weighted by Gasteiger charge is 2.19. The number of halogens is 2. The highest BCUT2D eigenvalue weighted by atomic mass is 35.5. The van der Waals surface area contributed by atoms with Gasteiger partial charge < -0.3 is 15.0 Å². The van der Waals surface area contributed by atoms with Crippen molar-refractivity contribution in [3.05, 3.63) is 12.3 Å². The number of piperidine rings is 1. The van der Waals surface area contributed by atoms with Crippen LogP contribution in [0.5, 0.6) is 5.75 Å². The molecular formula is C11H20Cl2N4O. The van der Waals surface area contributed by atoms with Crippen LogP contribution in [0.15, 0.2) is 12.3 Å². The van der Waals surface area contributed by atoms with Crippen LogP contribution < -0.4 is 15.0 Å². The lowest BCUT2D eigenvalue weighted by molar-refractivity contribution is 0.409. The summed E-state index contributed by atoms with van der Waals surface area (Å²) in [4.78, 5) is 2.19. The molecule has 0 unspecified atom stereocenters.